The number of hydrogen-bond acceptors (Lipinski definition) is 3. The van der Waals surface area contributed by atoms with E-state index in [1.807, 2.05) is 19.1 Å². The molecule has 0 amide bonds. The van der Waals surface area contributed by atoms with E-state index in [2.05, 4.69) is 4.98 Å². The van der Waals surface area contributed by atoms with Gasteiger partial charge in [-0.3, -0.25) is 4.79 Å². The molecule has 0 unspecified atom stereocenters. The monoisotopic (exact) mass is 191 g/mol. The molecule has 1 heterocycles. The maximum absolute atomic E-state index is 11.2. The van der Waals surface area contributed by atoms with Crippen LogP contribution in [0.2, 0.25) is 0 Å². The number of carbonyl (C=O) groups is 1. The molecule has 3 nitrogen and oxygen atoms in total. The third kappa shape index (κ3) is 2.69. The fourth-order valence-electron chi connectivity index (χ4n) is 0.997. The predicted octanol–water partition coefficient (Wildman–Crippen LogP) is 2.24. The summed E-state index contributed by atoms with van der Waals surface area (Å²) in [5, 5.41) is 0. The van der Waals surface area contributed by atoms with Crippen molar-refractivity contribution in [3.63, 3.8) is 0 Å². The number of nitrogens with zero attached hydrogens (tertiary/aromatic N) is 1. The first kappa shape index (κ1) is 10.4. The van der Waals surface area contributed by atoms with Crippen LogP contribution in [0, 0.1) is 0 Å². The van der Waals surface area contributed by atoms with Crippen LogP contribution in [0.25, 0.3) is 0 Å². The maximum atomic E-state index is 11.2. The van der Waals surface area contributed by atoms with Crippen LogP contribution < -0.4 is 4.74 Å². The molecular weight excluding hydrogens is 178 g/mol. The molecule has 0 aliphatic carbocycles. The second kappa shape index (κ2) is 5.17. The minimum Gasteiger partial charge on any atom is -0.473 e. The van der Waals surface area contributed by atoms with Gasteiger partial charge >= 0.3 is 0 Å². The topological polar surface area (TPSA) is 39.2 Å². The highest BCUT2D eigenvalue weighted by atomic mass is 16.5. The first-order valence-electron chi connectivity index (χ1n) is 4.45. The first-order valence-corrected chi connectivity index (χ1v) is 4.45. The van der Waals surface area contributed by atoms with Crippen LogP contribution in [0.3, 0.4) is 0 Å². The molecule has 3 heteroatoms. The molecule has 0 fully saturated rings. The number of pyridine rings is 1. The van der Waals surface area contributed by atoms with Crippen LogP contribution in [0.5, 0.6) is 5.88 Å². The fourth-order valence-corrected chi connectivity index (χ4v) is 0.997. The lowest BCUT2D eigenvalue weighted by Crippen LogP contribution is -2.02. The average molecular weight is 191 g/mol. The molecule has 0 atom stereocenters. The van der Waals surface area contributed by atoms with Crippen LogP contribution in [0.1, 0.15) is 24.2 Å². The van der Waals surface area contributed by atoms with Crippen molar-refractivity contribution in [3.05, 3.63) is 36.0 Å². The highest BCUT2D eigenvalue weighted by molar-refractivity contribution is 5.96. The van der Waals surface area contributed by atoms with Gasteiger partial charge in [-0.1, -0.05) is 12.2 Å². The van der Waals surface area contributed by atoms with Crippen molar-refractivity contribution in [1.29, 1.82) is 0 Å². The Morgan fingerprint density at radius 3 is 3.07 bits per heavy atom. The van der Waals surface area contributed by atoms with Crippen LogP contribution in [0.4, 0.5) is 0 Å². The summed E-state index contributed by atoms with van der Waals surface area (Å²) in [6.45, 7) is 3.85. The van der Waals surface area contributed by atoms with Gasteiger partial charge in [0.15, 0.2) is 5.78 Å². The van der Waals surface area contributed by atoms with E-state index in [0.29, 0.717) is 18.1 Å². The van der Waals surface area contributed by atoms with E-state index in [1.54, 1.807) is 18.3 Å². The zero-order valence-corrected chi connectivity index (χ0v) is 8.36. The van der Waals surface area contributed by atoms with Crippen LogP contribution in [-0.2, 0) is 0 Å². The Kier molecular flexibility index (Phi) is 3.85. The Morgan fingerprint density at radius 2 is 2.43 bits per heavy atom. The van der Waals surface area contributed by atoms with Gasteiger partial charge in [-0.05, 0) is 26.0 Å². The second-order valence-electron chi connectivity index (χ2n) is 2.79. The van der Waals surface area contributed by atoms with E-state index in [4.69, 9.17) is 4.74 Å². The lowest BCUT2D eigenvalue weighted by molar-refractivity contribution is 0.101. The van der Waals surface area contributed by atoms with E-state index in [-0.39, 0.29) is 5.78 Å². The molecule has 1 aromatic heterocycles. The summed E-state index contributed by atoms with van der Waals surface area (Å²) >= 11 is 0. The molecule has 14 heavy (non-hydrogen) atoms. The number of aromatic nitrogens is 1. The maximum Gasteiger partial charge on any atom is 0.224 e. The summed E-state index contributed by atoms with van der Waals surface area (Å²) in [6, 6.07) is 3.43. The van der Waals surface area contributed by atoms with Gasteiger partial charge in [0.05, 0.1) is 5.56 Å². The molecule has 74 valence electrons. The van der Waals surface area contributed by atoms with Gasteiger partial charge in [0.1, 0.15) is 6.61 Å². The molecule has 0 N–H and O–H groups in total. The van der Waals surface area contributed by atoms with Crippen molar-refractivity contribution in [1.82, 2.24) is 4.98 Å². The fraction of sp³-hybridized carbons (Fsp3) is 0.273. The number of hydrogen-bond donors (Lipinski definition) is 0. The Hall–Kier alpha value is -1.64. The Morgan fingerprint density at radius 1 is 1.64 bits per heavy atom. The number of rotatable bonds is 4. The van der Waals surface area contributed by atoms with Crippen molar-refractivity contribution in [2.75, 3.05) is 6.61 Å². The zero-order valence-electron chi connectivity index (χ0n) is 8.36. The molecule has 0 spiro atoms. The minimum atomic E-state index is -0.0337. The molecule has 1 aromatic rings. The largest absolute Gasteiger partial charge is 0.473 e. The van der Waals surface area contributed by atoms with E-state index in [1.165, 1.54) is 6.92 Å². The van der Waals surface area contributed by atoms with Gasteiger partial charge in [-0.15, -0.1) is 0 Å². The van der Waals surface area contributed by atoms with Gasteiger partial charge in [-0.25, -0.2) is 4.98 Å². The number of allylic oxidation sites excluding steroid dienone is 1. The normalized spacial score (nSPS) is 10.4. The van der Waals surface area contributed by atoms with E-state index < -0.39 is 0 Å². The molecule has 0 saturated heterocycles. The third-order valence-electron chi connectivity index (χ3n) is 1.70. The van der Waals surface area contributed by atoms with E-state index >= 15 is 0 Å². The number of carbonyl (C=O) groups excluding carboxylic acids is 1. The predicted molar refractivity (Wildman–Crippen MR) is 54.6 cm³/mol. The molecule has 0 bridgehead atoms. The van der Waals surface area contributed by atoms with E-state index in [0.717, 1.165) is 0 Å². The standard InChI is InChI=1S/C11H13NO2/c1-3-4-8-14-11-10(9(2)13)6-5-7-12-11/h3-7H,8H2,1-2H3/b4-3+. The lowest BCUT2D eigenvalue weighted by Gasteiger charge is -2.05. The van der Waals surface area contributed by atoms with Crippen molar-refractivity contribution in [2.45, 2.75) is 13.8 Å². The Balaban J connectivity index is 2.79. The summed E-state index contributed by atoms with van der Waals surface area (Å²) in [5.74, 6) is 0.367. The molecule has 0 aromatic carbocycles. The second-order valence-corrected chi connectivity index (χ2v) is 2.79. The summed E-state index contributed by atoms with van der Waals surface area (Å²) in [4.78, 5) is 15.2. The SMILES string of the molecule is C/C=C/COc1ncccc1C(C)=O. The van der Waals surface area contributed by atoms with Crippen molar-refractivity contribution >= 4 is 5.78 Å². The summed E-state index contributed by atoms with van der Waals surface area (Å²) in [6.07, 6.45) is 5.35. The summed E-state index contributed by atoms with van der Waals surface area (Å²) in [5.41, 5.74) is 0.525. The highest BCUT2D eigenvalue weighted by Gasteiger charge is 2.07. The molecule has 0 saturated carbocycles. The van der Waals surface area contributed by atoms with Crippen molar-refractivity contribution < 1.29 is 9.53 Å². The smallest absolute Gasteiger partial charge is 0.224 e. The number of Topliss-reactive ketones (excluding diaryl/α,β-unsaturated/α-hetero) is 1. The molecule has 1 rings (SSSR count). The Labute approximate surface area is 83.4 Å². The van der Waals surface area contributed by atoms with Crippen LogP contribution >= 0.6 is 0 Å². The lowest BCUT2D eigenvalue weighted by atomic mass is 10.2. The average Bonchev–Trinajstić information content (AvgIpc) is 2.19. The molecular formula is C11H13NO2. The van der Waals surface area contributed by atoms with Crippen LogP contribution in [0.15, 0.2) is 30.5 Å². The molecule has 0 aliphatic heterocycles. The van der Waals surface area contributed by atoms with Crippen LogP contribution in [-0.4, -0.2) is 17.4 Å². The van der Waals surface area contributed by atoms with E-state index in [9.17, 15) is 4.79 Å². The van der Waals surface area contributed by atoms with Gasteiger partial charge in [-0.2, -0.15) is 0 Å². The van der Waals surface area contributed by atoms with Gasteiger partial charge < -0.3 is 4.74 Å². The number of ketones is 1. The highest BCUT2D eigenvalue weighted by Crippen LogP contribution is 2.14. The van der Waals surface area contributed by atoms with Gasteiger partial charge in [0.2, 0.25) is 5.88 Å². The molecule has 0 aliphatic rings. The van der Waals surface area contributed by atoms with Gasteiger partial charge in [0.25, 0.3) is 0 Å². The van der Waals surface area contributed by atoms with Crippen molar-refractivity contribution in [3.8, 4) is 5.88 Å². The summed E-state index contributed by atoms with van der Waals surface area (Å²) in [7, 11) is 0. The Bertz CT molecular complexity index is 345. The molecule has 0 radical (unpaired) electrons. The third-order valence-corrected chi connectivity index (χ3v) is 1.70. The quantitative estimate of drug-likeness (QED) is 0.541. The van der Waals surface area contributed by atoms with Crippen molar-refractivity contribution in [2.24, 2.45) is 0 Å². The number of ether oxygens (including phenoxy) is 1. The first-order chi connectivity index (χ1) is 6.75. The van der Waals surface area contributed by atoms with Gasteiger partial charge in [0, 0.05) is 6.20 Å². The zero-order chi connectivity index (χ0) is 10.4. The summed E-state index contributed by atoms with van der Waals surface area (Å²) < 4.78 is 5.32. The minimum absolute atomic E-state index is 0.0337.